The zero-order chi connectivity index (χ0) is 48.8. The molecule has 1 aromatic carbocycles. The van der Waals surface area contributed by atoms with Crippen LogP contribution >= 0.6 is 0 Å². The first-order chi connectivity index (χ1) is 25.7. The molecular formula is C26H8F34. The summed E-state index contributed by atoms with van der Waals surface area (Å²) in [5.74, 6) is -119. The van der Waals surface area contributed by atoms with Gasteiger partial charge in [0.2, 0.25) is 0 Å². The summed E-state index contributed by atoms with van der Waals surface area (Å²) in [6.45, 7) is 0. The van der Waals surface area contributed by atoms with Crippen LogP contribution in [0.3, 0.4) is 0 Å². The van der Waals surface area contributed by atoms with E-state index >= 15 is 0 Å². The normalized spacial score (nSPS) is 16.7. The van der Waals surface area contributed by atoms with Gasteiger partial charge in [0.25, 0.3) is 0 Å². The van der Waals surface area contributed by atoms with Gasteiger partial charge >= 0.3 is 95.3 Å². The van der Waals surface area contributed by atoms with Gasteiger partial charge < -0.3 is 0 Å². The van der Waals surface area contributed by atoms with Crippen molar-refractivity contribution in [3.05, 3.63) is 47.5 Å². The molecule has 0 N–H and O–H groups in total. The van der Waals surface area contributed by atoms with Crippen LogP contribution in [0.25, 0.3) is 12.2 Å². The molecule has 0 nitrogen and oxygen atoms in total. The molecule has 0 saturated heterocycles. The lowest BCUT2D eigenvalue weighted by Crippen LogP contribution is -2.74. The second-order valence-electron chi connectivity index (χ2n) is 11.5. The van der Waals surface area contributed by atoms with Crippen LogP contribution in [0.5, 0.6) is 0 Å². The summed E-state index contributed by atoms with van der Waals surface area (Å²) in [6.07, 6.45) is -21.6. The minimum absolute atomic E-state index is 0.100. The molecule has 60 heavy (non-hydrogen) atoms. The van der Waals surface area contributed by atoms with E-state index in [1.165, 1.54) is 0 Å². The number of rotatable bonds is 16. The Labute approximate surface area is 305 Å². The summed E-state index contributed by atoms with van der Waals surface area (Å²) in [7, 11) is 0. The highest BCUT2D eigenvalue weighted by molar-refractivity contribution is 5.59. The van der Waals surface area contributed by atoms with Crippen LogP contribution < -0.4 is 0 Å². The van der Waals surface area contributed by atoms with Crippen molar-refractivity contribution in [1.29, 1.82) is 0 Å². The maximum Gasteiger partial charge on any atom is 0.460 e. The minimum Gasteiger partial charge on any atom is -0.195 e. The molecule has 0 aliphatic heterocycles. The standard InChI is InChI=1S/C26H8F34/c27-11(28,13(31,32)15(35,36)17(39,40)19(43,44)21(47,48)23(51,52)25(55,56)57)6-4-9-2-1-3-10(8-9)5-7-12(29,30)14(33,34)16(37,38)18(41,42)20(45,46)22(49,50)24(53,54)26(58,59)60/h1-8H/b6-4+,7-5+. The number of halogens is 34. The summed E-state index contributed by atoms with van der Waals surface area (Å²) in [6, 6.07) is 0.0769. The Hall–Kier alpha value is -3.68. The third-order valence-electron chi connectivity index (χ3n) is 7.37. The molecule has 0 atom stereocenters. The lowest BCUT2D eigenvalue weighted by Gasteiger charge is -2.42. The average Bonchev–Trinajstić information content (AvgIpc) is 3.04. The van der Waals surface area contributed by atoms with Crippen LogP contribution in [0.2, 0.25) is 0 Å². The largest absolute Gasteiger partial charge is 0.460 e. The van der Waals surface area contributed by atoms with Crippen LogP contribution in [0.15, 0.2) is 36.4 Å². The topological polar surface area (TPSA) is 0 Å². The maximum absolute atomic E-state index is 14.1. The van der Waals surface area contributed by atoms with Crippen molar-refractivity contribution in [3.8, 4) is 0 Å². The number of allylic oxidation sites excluding steroid dienone is 2. The van der Waals surface area contributed by atoms with Gasteiger partial charge in [-0.15, -0.1) is 0 Å². The summed E-state index contributed by atoms with van der Waals surface area (Å²) in [5.41, 5.74) is -3.05. The van der Waals surface area contributed by atoms with Crippen LogP contribution in [-0.4, -0.2) is 95.3 Å². The van der Waals surface area contributed by atoms with Gasteiger partial charge in [-0.2, -0.15) is 149 Å². The molecule has 0 radical (unpaired) electrons. The van der Waals surface area contributed by atoms with Crippen molar-refractivity contribution in [2.75, 3.05) is 0 Å². The summed E-state index contributed by atoms with van der Waals surface area (Å²) < 4.78 is 455. The van der Waals surface area contributed by atoms with Crippen LogP contribution in [-0.2, 0) is 0 Å². The summed E-state index contributed by atoms with van der Waals surface area (Å²) in [4.78, 5) is 0. The zero-order valence-corrected chi connectivity index (χ0v) is 26.5. The molecule has 0 bridgehead atoms. The van der Waals surface area contributed by atoms with E-state index in [-0.39, 0.29) is 24.3 Å². The molecular weight excluding hydrogens is 958 g/mol. The first-order valence-electron chi connectivity index (χ1n) is 13.6. The van der Waals surface area contributed by atoms with Gasteiger partial charge in [-0.25, -0.2) is 0 Å². The third kappa shape index (κ3) is 7.41. The summed E-state index contributed by atoms with van der Waals surface area (Å²) >= 11 is 0. The van der Waals surface area contributed by atoms with Gasteiger partial charge in [0.15, 0.2) is 0 Å². The van der Waals surface area contributed by atoms with Gasteiger partial charge in [0.05, 0.1) is 0 Å². The molecule has 0 saturated carbocycles. The molecule has 0 amide bonds. The highest BCUT2D eigenvalue weighted by Crippen LogP contribution is 2.66. The fraction of sp³-hybridized carbons (Fsp3) is 0.615. The second-order valence-corrected chi connectivity index (χ2v) is 11.5. The lowest BCUT2D eigenvalue weighted by atomic mass is 9.88. The highest BCUT2D eigenvalue weighted by Gasteiger charge is 2.96. The number of hydrogen-bond donors (Lipinski definition) is 0. The maximum atomic E-state index is 14.1. The molecule has 0 spiro atoms. The SMILES string of the molecule is FC(F)(F)C(F)(F)C(F)(F)C(F)(F)C(F)(F)C(F)(F)C(F)(F)C(F)(F)/C=C/c1cccc(/C=C/C(F)(F)C(F)(F)C(F)(F)C(F)(F)C(F)(F)C(F)(F)C(F)(F)C(F)(F)F)c1. The fourth-order valence-corrected chi connectivity index (χ4v) is 3.73. The number of benzene rings is 1. The molecule has 0 aliphatic carbocycles. The van der Waals surface area contributed by atoms with Crippen LogP contribution in [0, 0.1) is 0 Å². The Morgan fingerprint density at radius 1 is 0.250 bits per heavy atom. The monoisotopic (exact) mass is 966 g/mol. The molecule has 0 fully saturated rings. The van der Waals surface area contributed by atoms with Gasteiger partial charge in [0, 0.05) is 0 Å². The Kier molecular flexibility index (Phi) is 13.1. The second kappa shape index (κ2) is 14.4. The minimum atomic E-state index is -9.01. The Morgan fingerprint density at radius 2 is 0.433 bits per heavy atom. The molecule has 34 heteroatoms. The molecule has 0 aliphatic rings. The molecule has 1 aromatic rings. The molecule has 1 rings (SSSR count). The van der Waals surface area contributed by atoms with E-state index in [9.17, 15) is 149 Å². The average molecular weight is 966 g/mol. The van der Waals surface area contributed by atoms with Gasteiger partial charge in [-0.1, -0.05) is 30.4 Å². The van der Waals surface area contributed by atoms with Crippen molar-refractivity contribution in [1.82, 2.24) is 0 Å². The van der Waals surface area contributed by atoms with Gasteiger partial charge in [-0.05, 0) is 29.3 Å². The highest BCUT2D eigenvalue weighted by atomic mass is 19.4. The molecule has 0 heterocycles. The van der Waals surface area contributed by atoms with Crippen LogP contribution in [0.4, 0.5) is 149 Å². The van der Waals surface area contributed by atoms with E-state index in [0.717, 1.165) is 0 Å². The van der Waals surface area contributed by atoms with Crippen molar-refractivity contribution >= 4 is 12.2 Å². The van der Waals surface area contributed by atoms with Crippen molar-refractivity contribution in [3.63, 3.8) is 0 Å². The predicted octanol–water partition coefficient (Wildman–Crippen LogP) is 13.7. The summed E-state index contributed by atoms with van der Waals surface area (Å²) in [5, 5.41) is 0. The van der Waals surface area contributed by atoms with E-state index in [4.69, 9.17) is 0 Å². The van der Waals surface area contributed by atoms with Crippen LogP contribution in [0.1, 0.15) is 11.1 Å². The van der Waals surface area contributed by atoms with Crippen molar-refractivity contribution < 1.29 is 149 Å². The smallest absolute Gasteiger partial charge is 0.195 e. The Bertz CT molecular complexity index is 1620. The third-order valence-corrected chi connectivity index (χ3v) is 7.37. The Morgan fingerprint density at radius 3 is 0.633 bits per heavy atom. The van der Waals surface area contributed by atoms with Gasteiger partial charge in [-0.3, -0.25) is 0 Å². The molecule has 350 valence electrons. The quantitative estimate of drug-likeness (QED) is 0.145. The zero-order valence-electron chi connectivity index (χ0n) is 26.5. The van der Waals surface area contributed by atoms with Crippen molar-refractivity contribution in [2.24, 2.45) is 0 Å². The Balaban J connectivity index is 3.67. The first-order valence-corrected chi connectivity index (χ1v) is 13.6. The van der Waals surface area contributed by atoms with Crippen molar-refractivity contribution in [2.45, 2.75) is 95.3 Å². The van der Waals surface area contributed by atoms with E-state index in [1.807, 2.05) is 0 Å². The number of alkyl halides is 34. The molecule has 0 unspecified atom stereocenters. The van der Waals surface area contributed by atoms with E-state index in [0.29, 0.717) is 0 Å². The predicted molar refractivity (Wildman–Crippen MR) is 126 cm³/mol. The molecule has 0 aromatic heterocycles. The van der Waals surface area contributed by atoms with E-state index in [2.05, 4.69) is 0 Å². The van der Waals surface area contributed by atoms with E-state index < -0.39 is 131 Å². The number of hydrogen-bond acceptors (Lipinski definition) is 0. The fourth-order valence-electron chi connectivity index (χ4n) is 3.73. The van der Waals surface area contributed by atoms with Gasteiger partial charge in [0.1, 0.15) is 0 Å². The first kappa shape index (κ1) is 54.3. The van der Waals surface area contributed by atoms with E-state index in [1.54, 1.807) is 0 Å². The lowest BCUT2D eigenvalue weighted by molar-refractivity contribution is -0.459.